The van der Waals surface area contributed by atoms with E-state index in [9.17, 15) is 26.3 Å². The van der Waals surface area contributed by atoms with Crippen LogP contribution in [0, 0.1) is 0 Å². The molecule has 3 nitrogen and oxygen atoms in total. The van der Waals surface area contributed by atoms with Crippen LogP contribution in [0.3, 0.4) is 0 Å². The summed E-state index contributed by atoms with van der Waals surface area (Å²) in [5.41, 5.74) is 3.22. The lowest BCUT2D eigenvalue weighted by Gasteiger charge is -2.27. The van der Waals surface area contributed by atoms with Gasteiger partial charge in [-0.15, -0.1) is 0 Å². The highest BCUT2D eigenvalue weighted by atomic mass is 19.4. The van der Waals surface area contributed by atoms with E-state index in [1.165, 1.54) is 24.3 Å². The van der Waals surface area contributed by atoms with Gasteiger partial charge in [-0.05, 0) is 70.8 Å². The maximum Gasteiger partial charge on any atom is 0.416 e. The minimum atomic E-state index is -4.50. The highest BCUT2D eigenvalue weighted by Gasteiger charge is 2.47. The monoisotopic (exact) mass is 598 g/mol. The molecule has 1 aliphatic rings. The van der Waals surface area contributed by atoms with Crippen molar-refractivity contribution in [3.05, 3.63) is 130 Å². The van der Waals surface area contributed by atoms with Crippen molar-refractivity contribution in [2.45, 2.75) is 36.4 Å². The Morgan fingerprint density at radius 2 is 0.721 bits per heavy atom. The number of anilines is 2. The summed E-state index contributed by atoms with van der Waals surface area (Å²) in [5, 5.41) is 0. The second-order valence-electron chi connectivity index (χ2n) is 11.2. The van der Waals surface area contributed by atoms with Gasteiger partial charge >= 0.3 is 12.4 Å². The Kier molecular flexibility index (Phi) is 8.22. The van der Waals surface area contributed by atoms with Gasteiger partial charge in [0, 0.05) is 51.4 Å². The smallest absolute Gasteiger partial charge is 0.378 e. The van der Waals surface area contributed by atoms with Crippen LogP contribution in [0.1, 0.15) is 57.4 Å². The molecule has 9 heteroatoms. The van der Waals surface area contributed by atoms with Crippen LogP contribution in [0.4, 0.5) is 37.7 Å². The molecule has 4 aromatic carbocycles. The lowest BCUT2D eigenvalue weighted by atomic mass is 9.74. The molecular weight excluding hydrogens is 566 g/mol. The Labute approximate surface area is 247 Å². The summed E-state index contributed by atoms with van der Waals surface area (Å²) in [6.45, 7) is 0. The number of alkyl halides is 6. The van der Waals surface area contributed by atoms with Crippen LogP contribution >= 0.6 is 0 Å². The number of ether oxygens (including phenoxy) is 1. The minimum Gasteiger partial charge on any atom is -0.378 e. The van der Waals surface area contributed by atoms with Gasteiger partial charge in [-0.25, -0.2) is 0 Å². The van der Waals surface area contributed by atoms with Crippen LogP contribution in [-0.4, -0.2) is 28.2 Å². The van der Waals surface area contributed by atoms with Gasteiger partial charge in [-0.1, -0.05) is 48.5 Å². The summed E-state index contributed by atoms with van der Waals surface area (Å²) >= 11 is 0. The second-order valence-corrected chi connectivity index (χ2v) is 11.2. The van der Waals surface area contributed by atoms with Crippen LogP contribution in [0.25, 0.3) is 0 Å². The first kappa shape index (κ1) is 30.5. The molecule has 0 spiro atoms. The average molecular weight is 599 g/mol. The number of nitrogens with zero attached hydrogens (tertiary/aromatic N) is 2. The van der Waals surface area contributed by atoms with Crippen molar-refractivity contribution >= 4 is 11.4 Å². The molecule has 0 aromatic heterocycles. The van der Waals surface area contributed by atoms with E-state index in [2.05, 4.69) is 0 Å². The predicted molar refractivity (Wildman–Crippen MR) is 156 cm³/mol. The first-order valence-corrected chi connectivity index (χ1v) is 13.8. The highest BCUT2D eigenvalue weighted by Crippen LogP contribution is 2.59. The van der Waals surface area contributed by atoms with Crippen molar-refractivity contribution in [2.24, 2.45) is 0 Å². The van der Waals surface area contributed by atoms with Crippen molar-refractivity contribution in [1.82, 2.24) is 0 Å². The zero-order chi connectivity index (χ0) is 31.1. The SMILES string of the molecule is CN(C)c1ccc([C@H]2O[C@@H](c3ccc(N(C)C)cc3)[C@@H](c3ccc(C(F)(F)F)cc3)[C@@H]2c2ccc(C(F)(F)F)cc2)cc1. The topological polar surface area (TPSA) is 15.7 Å². The summed E-state index contributed by atoms with van der Waals surface area (Å²) in [6, 6.07) is 25.5. The zero-order valence-electron chi connectivity index (χ0n) is 24.1. The van der Waals surface area contributed by atoms with E-state index in [1.807, 2.05) is 86.5 Å². The van der Waals surface area contributed by atoms with E-state index in [0.717, 1.165) is 46.8 Å². The van der Waals surface area contributed by atoms with Gasteiger partial charge in [0.1, 0.15) is 0 Å². The summed E-state index contributed by atoms with van der Waals surface area (Å²) in [6.07, 6.45) is -10.2. The first-order valence-electron chi connectivity index (χ1n) is 13.8. The Hall–Kier alpha value is -3.98. The molecule has 0 radical (unpaired) electrons. The van der Waals surface area contributed by atoms with E-state index in [-0.39, 0.29) is 0 Å². The summed E-state index contributed by atoms with van der Waals surface area (Å²) in [4.78, 5) is 3.90. The Balaban J connectivity index is 1.67. The number of hydrogen-bond acceptors (Lipinski definition) is 3. The largest absolute Gasteiger partial charge is 0.416 e. The third-order valence-corrected chi connectivity index (χ3v) is 8.05. The molecule has 0 amide bonds. The van der Waals surface area contributed by atoms with Gasteiger partial charge in [0.05, 0.1) is 23.3 Å². The quantitative estimate of drug-likeness (QED) is 0.206. The average Bonchev–Trinajstić information content (AvgIpc) is 3.37. The molecular formula is C34H32F6N2O. The second kappa shape index (κ2) is 11.6. The van der Waals surface area contributed by atoms with E-state index >= 15 is 0 Å². The van der Waals surface area contributed by atoms with Crippen LogP contribution in [-0.2, 0) is 17.1 Å². The van der Waals surface area contributed by atoms with Crippen LogP contribution in [0.5, 0.6) is 0 Å². The standard InChI is InChI=1S/C34H32F6N2O/c1-41(2)27-17-9-23(10-18-27)31-29(21-5-13-25(14-6-21)33(35,36)37)30(22-7-15-26(16-8-22)34(38,39)40)32(43-31)24-11-19-28(20-12-24)42(3)4/h5-20,29-32H,1-4H3/t29-,30-,31-,32+/m0/s1. The van der Waals surface area contributed by atoms with Crippen molar-refractivity contribution < 1.29 is 31.1 Å². The molecule has 5 rings (SSSR count). The predicted octanol–water partition coefficient (Wildman–Crippen LogP) is 9.24. The van der Waals surface area contributed by atoms with Crippen LogP contribution in [0.2, 0.25) is 0 Å². The van der Waals surface area contributed by atoms with Crippen LogP contribution < -0.4 is 9.80 Å². The van der Waals surface area contributed by atoms with Crippen molar-refractivity contribution in [1.29, 1.82) is 0 Å². The molecule has 1 heterocycles. The molecule has 0 saturated carbocycles. The fraction of sp³-hybridized carbons (Fsp3) is 0.294. The van der Waals surface area contributed by atoms with E-state index < -0.39 is 47.5 Å². The Bertz CT molecular complexity index is 1390. The Morgan fingerprint density at radius 1 is 0.442 bits per heavy atom. The van der Waals surface area contributed by atoms with Gasteiger partial charge in [0.15, 0.2) is 0 Å². The normalized spacial score (nSPS) is 20.7. The molecule has 0 bridgehead atoms. The number of benzene rings is 4. The van der Waals surface area contributed by atoms with Crippen LogP contribution in [0.15, 0.2) is 97.1 Å². The first-order chi connectivity index (χ1) is 20.2. The molecule has 4 atom stereocenters. The molecule has 0 unspecified atom stereocenters. The maximum absolute atomic E-state index is 13.5. The van der Waals surface area contributed by atoms with Gasteiger partial charge < -0.3 is 14.5 Å². The zero-order valence-corrected chi connectivity index (χ0v) is 24.1. The molecule has 4 aromatic rings. The highest BCUT2D eigenvalue weighted by molar-refractivity contribution is 5.50. The molecule has 1 aliphatic heterocycles. The number of halogens is 6. The minimum absolute atomic E-state index is 0.497. The summed E-state index contributed by atoms with van der Waals surface area (Å²) < 4.78 is 87.6. The van der Waals surface area contributed by atoms with Gasteiger partial charge in [-0.3, -0.25) is 0 Å². The molecule has 1 fully saturated rings. The summed E-state index contributed by atoms with van der Waals surface area (Å²) in [7, 11) is 7.67. The lowest BCUT2D eigenvalue weighted by molar-refractivity contribution is -0.138. The van der Waals surface area contributed by atoms with Crippen molar-refractivity contribution in [3.63, 3.8) is 0 Å². The van der Waals surface area contributed by atoms with Gasteiger partial charge in [0.25, 0.3) is 0 Å². The van der Waals surface area contributed by atoms with Gasteiger partial charge in [0.2, 0.25) is 0 Å². The van der Waals surface area contributed by atoms with Crippen molar-refractivity contribution in [2.75, 3.05) is 38.0 Å². The van der Waals surface area contributed by atoms with E-state index in [1.54, 1.807) is 0 Å². The Morgan fingerprint density at radius 3 is 0.977 bits per heavy atom. The third kappa shape index (κ3) is 6.37. The van der Waals surface area contributed by atoms with E-state index in [0.29, 0.717) is 11.1 Å². The molecule has 226 valence electrons. The molecule has 1 saturated heterocycles. The fourth-order valence-electron chi connectivity index (χ4n) is 5.75. The van der Waals surface area contributed by atoms with Gasteiger partial charge in [-0.2, -0.15) is 26.3 Å². The number of hydrogen-bond donors (Lipinski definition) is 0. The van der Waals surface area contributed by atoms with E-state index in [4.69, 9.17) is 4.74 Å². The fourth-order valence-corrected chi connectivity index (χ4v) is 5.75. The van der Waals surface area contributed by atoms with Crippen molar-refractivity contribution in [3.8, 4) is 0 Å². The lowest BCUT2D eigenvalue weighted by Crippen LogP contribution is -2.15. The third-order valence-electron chi connectivity index (χ3n) is 8.05. The molecule has 43 heavy (non-hydrogen) atoms. The number of rotatable bonds is 6. The summed E-state index contributed by atoms with van der Waals surface area (Å²) in [5.74, 6) is -0.995. The maximum atomic E-state index is 13.5. The molecule has 0 aliphatic carbocycles. The molecule has 0 N–H and O–H groups in total.